The van der Waals surface area contributed by atoms with Crippen LogP contribution in [0.4, 0.5) is 20.2 Å². The second-order valence-corrected chi connectivity index (χ2v) is 7.06. The van der Waals surface area contributed by atoms with Gasteiger partial charge >= 0.3 is 0 Å². The Morgan fingerprint density at radius 3 is 2.86 bits per heavy atom. The Kier molecular flexibility index (Phi) is 6.45. The van der Waals surface area contributed by atoms with Crippen LogP contribution in [-0.4, -0.2) is 36.2 Å². The van der Waals surface area contributed by atoms with Crippen LogP contribution in [0.1, 0.15) is 29.6 Å². The summed E-state index contributed by atoms with van der Waals surface area (Å²) < 4.78 is 30.8. The summed E-state index contributed by atoms with van der Waals surface area (Å²) in [6.45, 7) is 0.574. The van der Waals surface area contributed by atoms with Gasteiger partial charge in [-0.25, -0.2) is 4.98 Å². The monoisotopic (exact) mass is 407 g/mol. The molecule has 0 bridgehead atoms. The highest BCUT2D eigenvalue weighted by Crippen LogP contribution is 2.34. The maximum atomic E-state index is 12.7. The highest BCUT2D eigenvalue weighted by Gasteiger charge is 2.23. The first-order chi connectivity index (χ1) is 13.5. The van der Waals surface area contributed by atoms with Crippen LogP contribution >= 0.6 is 11.8 Å². The third-order valence-corrected chi connectivity index (χ3v) is 4.99. The SMILES string of the molecule is COc1ccc(NC(=O)c2cccnc2SC(F)F)cc1N1CCCCC1=O. The minimum Gasteiger partial charge on any atom is -0.495 e. The highest BCUT2D eigenvalue weighted by molar-refractivity contribution is 7.99. The summed E-state index contributed by atoms with van der Waals surface area (Å²) in [4.78, 5) is 30.4. The molecule has 0 aliphatic carbocycles. The van der Waals surface area contributed by atoms with E-state index in [4.69, 9.17) is 4.74 Å². The average molecular weight is 407 g/mol. The van der Waals surface area contributed by atoms with Crippen LogP contribution in [-0.2, 0) is 4.79 Å². The smallest absolute Gasteiger partial charge is 0.290 e. The van der Waals surface area contributed by atoms with E-state index in [0.29, 0.717) is 30.1 Å². The summed E-state index contributed by atoms with van der Waals surface area (Å²) in [6.07, 6.45) is 3.55. The molecular formula is C19H19F2N3O3S. The van der Waals surface area contributed by atoms with Crippen molar-refractivity contribution in [3.63, 3.8) is 0 Å². The lowest BCUT2D eigenvalue weighted by Gasteiger charge is -2.28. The summed E-state index contributed by atoms with van der Waals surface area (Å²) in [7, 11) is 1.51. The van der Waals surface area contributed by atoms with Crippen molar-refractivity contribution in [1.29, 1.82) is 0 Å². The van der Waals surface area contributed by atoms with Crippen LogP contribution in [0.25, 0.3) is 0 Å². The van der Waals surface area contributed by atoms with E-state index in [9.17, 15) is 18.4 Å². The first-order valence-electron chi connectivity index (χ1n) is 8.69. The van der Waals surface area contributed by atoms with Gasteiger partial charge < -0.3 is 15.0 Å². The number of alkyl halides is 2. The molecule has 1 aromatic heterocycles. The first-order valence-corrected chi connectivity index (χ1v) is 9.57. The van der Waals surface area contributed by atoms with Crippen molar-refractivity contribution in [3.8, 4) is 5.75 Å². The molecular weight excluding hydrogens is 388 g/mol. The van der Waals surface area contributed by atoms with Crippen LogP contribution in [0.2, 0.25) is 0 Å². The van der Waals surface area contributed by atoms with Crippen LogP contribution in [0.5, 0.6) is 5.75 Å². The Labute approximate surface area is 165 Å². The van der Waals surface area contributed by atoms with Crippen molar-refractivity contribution in [2.24, 2.45) is 0 Å². The molecule has 0 unspecified atom stereocenters. The second kappa shape index (κ2) is 9.01. The molecule has 0 radical (unpaired) electrons. The second-order valence-electron chi connectivity index (χ2n) is 6.08. The van der Waals surface area contributed by atoms with Gasteiger partial charge in [0.25, 0.3) is 11.7 Å². The van der Waals surface area contributed by atoms with E-state index in [-0.39, 0.29) is 28.3 Å². The first kappa shape index (κ1) is 20.1. The van der Waals surface area contributed by atoms with Gasteiger partial charge in [-0.15, -0.1) is 0 Å². The molecule has 0 atom stereocenters. The zero-order valence-corrected chi connectivity index (χ0v) is 16.0. The van der Waals surface area contributed by atoms with Crippen LogP contribution in [0.15, 0.2) is 41.6 Å². The zero-order chi connectivity index (χ0) is 20.1. The molecule has 2 amide bonds. The van der Waals surface area contributed by atoms with Crippen molar-refractivity contribution >= 4 is 35.0 Å². The number of pyridine rings is 1. The Bertz CT molecular complexity index is 879. The van der Waals surface area contributed by atoms with Gasteiger partial charge in [-0.1, -0.05) is 0 Å². The summed E-state index contributed by atoms with van der Waals surface area (Å²) in [5.74, 6) is -2.73. The standard InChI is InChI=1S/C19H19F2N3O3S/c1-27-15-8-7-12(11-14(15)24-10-3-2-6-16(24)25)23-17(26)13-5-4-9-22-18(13)28-19(20)21/h4-5,7-9,11,19H,2-3,6,10H2,1H3,(H,23,26). The maximum absolute atomic E-state index is 12.7. The molecule has 2 heterocycles. The highest BCUT2D eigenvalue weighted by atomic mass is 32.2. The van der Waals surface area contributed by atoms with Gasteiger partial charge in [0.15, 0.2) is 0 Å². The van der Waals surface area contributed by atoms with Crippen molar-refractivity contribution in [3.05, 3.63) is 42.1 Å². The van der Waals surface area contributed by atoms with Gasteiger partial charge in [0.1, 0.15) is 10.8 Å². The minimum atomic E-state index is -2.68. The van der Waals surface area contributed by atoms with E-state index in [1.807, 2.05) is 0 Å². The van der Waals surface area contributed by atoms with Crippen LogP contribution in [0, 0.1) is 0 Å². The third kappa shape index (κ3) is 4.59. The molecule has 6 nitrogen and oxygen atoms in total. The van der Waals surface area contributed by atoms with E-state index >= 15 is 0 Å². The average Bonchev–Trinajstić information content (AvgIpc) is 2.68. The number of benzene rings is 1. The van der Waals surface area contributed by atoms with Gasteiger partial charge in [-0.05, 0) is 54.9 Å². The van der Waals surface area contributed by atoms with Gasteiger partial charge in [-0.3, -0.25) is 9.59 Å². The molecule has 2 aromatic rings. The number of ether oxygens (including phenoxy) is 1. The fourth-order valence-corrected chi connectivity index (χ4v) is 3.56. The minimum absolute atomic E-state index is 0.00379. The fraction of sp³-hybridized carbons (Fsp3) is 0.316. The quantitative estimate of drug-likeness (QED) is 0.728. The number of halogens is 2. The molecule has 1 aromatic carbocycles. The number of carbonyl (C=O) groups is 2. The third-order valence-electron chi connectivity index (χ3n) is 4.27. The molecule has 1 N–H and O–H groups in total. The van der Waals surface area contributed by atoms with Crippen LogP contribution in [0.3, 0.4) is 0 Å². The van der Waals surface area contributed by atoms with Crippen molar-refractivity contribution in [2.75, 3.05) is 23.9 Å². The molecule has 0 spiro atoms. The number of anilines is 2. The Morgan fingerprint density at radius 2 is 2.14 bits per heavy atom. The number of hydrogen-bond acceptors (Lipinski definition) is 5. The summed E-state index contributed by atoms with van der Waals surface area (Å²) in [5.41, 5.74) is 1.05. The number of nitrogens with one attached hydrogen (secondary N) is 1. The molecule has 148 valence electrons. The Hall–Kier alpha value is -2.68. The number of amides is 2. The largest absolute Gasteiger partial charge is 0.495 e. The predicted molar refractivity (Wildman–Crippen MR) is 103 cm³/mol. The maximum Gasteiger partial charge on any atom is 0.290 e. The topological polar surface area (TPSA) is 71.5 Å². The lowest BCUT2D eigenvalue weighted by Crippen LogP contribution is -2.35. The normalized spacial score (nSPS) is 14.3. The van der Waals surface area contributed by atoms with E-state index in [1.54, 1.807) is 23.1 Å². The molecule has 1 fully saturated rings. The van der Waals surface area contributed by atoms with E-state index in [1.165, 1.54) is 25.4 Å². The number of rotatable bonds is 6. The lowest BCUT2D eigenvalue weighted by molar-refractivity contribution is -0.119. The molecule has 3 rings (SSSR count). The van der Waals surface area contributed by atoms with Crippen LogP contribution < -0.4 is 15.0 Å². The molecule has 1 aliphatic heterocycles. The molecule has 28 heavy (non-hydrogen) atoms. The number of thioether (sulfide) groups is 1. The number of hydrogen-bond donors (Lipinski definition) is 1. The Morgan fingerprint density at radius 1 is 1.32 bits per heavy atom. The molecule has 1 saturated heterocycles. The number of piperidine rings is 1. The summed E-state index contributed by atoms with van der Waals surface area (Å²) >= 11 is 0.218. The Balaban J connectivity index is 1.86. The van der Waals surface area contributed by atoms with Gasteiger partial charge in [0.05, 0.1) is 18.4 Å². The molecule has 0 saturated carbocycles. The van der Waals surface area contributed by atoms with Crippen molar-refractivity contribution in [2.45, 2.75) is 30.0 Å². The predicted octanol–water partition coefficient (Wildman–Crippen LogP) is 4.17. The van der Waals surface area contributed by atoms with Gasteiger partial charge in [-0.2, -0.15) is 8.78 Å². The molecule has 9 heteroatoms. The number of nitrogens with zero attached hydrogens (tertiary/aromatic N) is 2. The summed E-state index contributed by atoms with van der Waals surface area (Å²) in [6, 6.07) is 7.88. The summed E-state index contributed by atoms with van der Waals surface area (Å²) in [5, 5.41) is 2.64. The van der Waals surface area contributed by atoms with E-state index in [0.717, 1.165) is 12.8 Å². The zero-order valence-electron chi connectivity index (χ0n) is 15.2. The molecule has 1 aliphatic rings. The van der Waals surface area contributed by atoms with Crippen molar-refractivity contribution in [1.82, 2.24) is 4.98 Å². The fourth-order valence-electron chi connectivity index (χ4n) is 2.98. The number of carbonyl (C=O) groups excluding carboxylic acids is 2. The lowest BCUT2D eigenvalue weighted by atomic mass is 10.1. The van der Waals surface area contributed by atoms with E-state index < -0.39 is 11.7 Å². The number of methoxy groups -OCH3 is 1. The van der Waals surface area contributed by atoms with Crippen molar-refractivity contribution < 1.29 is 23.1 Å². The number of aromatic nitrogens is 1. The van der Waals surface area contributed by atoms with Gasteiger partial charge in [0.2, 0.25) is 5.91 Å². The van der Waals surface area contributed by atoms with E-state index in [2.05, 4.69) is 10.3 Å². The van der Waals surface area contributed by atoms with Gasteiger partial charge in [0, 0.05) is 24.8 Å².